The van der Waals surface area contributed by atoms with E-state index in [2.05, 4.69) is 16.2 Å². The van der Waals surface area contributed by atoms with Gasteiger partial charge in [0.1, 0.15) is 5.15 Å². The predicted octanol–water partition coefficient (Wildman–Crippen LogP) is 2.08. The molecule has 0 amide bonds. The minimum atomic E-state index is 0.463. The van der Waals surface area contributed by atoms with Crippen LogP contribution in [-0.2, 0) is 0 Å². The summed E-state index contributed by atoms with van der Waals surface area (Å²) in [5, 5.41) is 1.44. The molecule has 0 unspecified atom stereocenters. The maximum Gasteiger partial charge on any atom is 0.161 e. The van der Waals surface area contributed by atoms with Crippen LogP contribution in [0.3, 0.4) is 0 Å². The molecule has 0 bridgehead atoms. The van der Waals surface area contributed by atoms with Crippen molar-refractivity contribution in [1.82, 2.24) is 9.97 Å². The maximum atomic E-state index is 5.65. The monoisotopic (exact) mass is 163 g/mol. The third-order valence-corrected chi connectivity index (χ3v) is 1.59. The highest BCUT2D eigenvalue weighted by Crippen LogP contribution is 2.11. The highest BCUT2D eigenvalue weighted by molar-refractivity contribution is 6.29. The molecule has 0 fully saturated rings. The quantitative estimate of drug-likeness (QED) is 0.556. The van der Waals surface area contributed by atoms with E-state index in [1.165, 1.54) is 0 Å². The van der Waals surface area contributed by atoms with Gasteiger partial charge in [0.15, 0.2) is 5.65 Å². The molecule has 3 heteroatoms. The van der Waals surface area contributed by atoms with Crippen molar-refractivity contribution in [2.75, 3.05) is 0 Å². The van der Waals surface area contributed by atoms with Crippen molar-refractivity contribution < 1.29 is 0 Å². The molecule has 0 N–H and O–H groups in total. The fourth-order valence-electron chi connectivity index (χ4n) is 0.881. The van der Waals surface area contributed by atoms with Gasteiger partial charge in [-0.15, -0.1) is 0 Å². The van der Waals surface area contributed by atoms with Gasteiger partial charge in [-0.25, -0.2) is 9.97 Å². The van der Waals surface area contributed by atoms with Crippen LogP contribution < -0.4 is 0 Å². The second kappa shape index (κ2) is 2.47. The number of hydrogen-bond donors (Lipinski definition) is 0. The molecule has 0 saturated heterocycles. The normalized spacial score (nSPS) is 10.3. The van der Waals surface area contributed by atoms with Crippen LogP contribution in [0.1, 0.15) is 0 Å². The van der Waals surface area contributed by atoms with Crippen LogP contribution in [0.25, 0.3) is 11.0 Å². The van der Waals surface area contributed by atoms with Gasteiger partial charge in [-0.2, -0.15) is 0 Å². The molecule has 2 heterocycles. The summed E-state index contributed by atoms with van der Waals surface area (Å²) in [5.74, 6) is 0. The van der Waals surface area contributed by atoms with E-state index in [0.717, 1.165) is 5.39 Å². The SMILES string of the molecule is Clc1ccc2cc[c]nc2n1. The lowest BCUT2D eigenvalue weighted by atomic mass is 10.3. The Morgan fingerprint density at radius 1 is 1.27 bits per heavy atom. The Labute approximate surface area is 68.9 Å². The summed E-state index contributed by atoms with van der Waals surface area (Å²) in [6, 6.07) is 7.26. The van der Waals surface area contributed by atoms with Crippen molar-refractivity contribution in [2.24, 2.45) is 0 Å². The second-order valence-corrected chi connectivity index (χ2v) is 2.51. The summed E-state index contributed by atoms with van der Waals surface area (Å²) in [6.07, 6.45) is 2.69. The summed E-state index contributed by atoms with van der Waals surface area (Å²) >= 11 is 5.65. The Morgan fingerprint density at radius 3 is 3.09 bits per heavy atom. The topological polar surface area (TPSA) is 25.8 Å². The van der Waals surface area contributed by atoms with Crippen LogP contribution >= 0.6 is 11.6 Å². The number of rotatable bonds is 0. The molecule has 11 heavy (non-hydrogen) atoms. The standard InChI is InChI=1S/C8H4ClN2/c9-7-4-3-6-2-1-5-10-8(6)11-7/h1-4H. The molecule has 0 spiro atoms. The number of aromatic nitrogens is 2. The number of hydrogen-bond acceptors (Lipinski definition) is 2. The molecular weight excluding hydrogens is 160 g/mol. The van der Waals surface area contributed by atoms with Gasteiger partial charge in [-0.1, -0.05) is 11.6 Å². The molecule has 0 saturated carbocycles. The van der Waals surface area contributed by atoms with Gasteiger partial charge in [0.25, 0.3) is 0 Å². The zero-order valence-electron chi connectivity index (χ0n) is 5.58. The van der Waals surface area contributed by atoms with Gasteiger partial charge in [0, 0.05) is 5.39 Å². The van der Waals surface area contributed by atoms with Crippen molar-refractivity contribution in [1.29, 1.82) is 0 Å². The molecule has 2 aromatic heterocycles. The average Bonchev–Trinajstić information content (AvgIpc) is 2.04. The highest BCUT2D eigenvalue weighted by Gasteiger charge is 1.94. The summed E-state index contributed by atoms with van der Waals surface area (Å²) in [5.41, 5.74) is 0.639. The third-order valence-electron chi connectivity index (χ3n) is 1.38. The van der Waals surface area contributed by atoms with Gasteiger partial charge in [0.05, 0.1) is 6.20 Å². The predicted molar refractivity (Wildman–Crippen MR) is 43.4 cm³/mol. The van der Waals surface area contributed by atoms with Gasteiger partial charge < -0.3 is 0 Å². The average molecular weight is 164 g/mol. The van der Waals surface area contributed by atoms with Crippen molar-refractivity contribution in [3.63, 3.8) is 0 Å². The lowest BCUT2D eigenvalue weighted by molar-refractivity contribution is 1.28. The Hall–Kier alpha value is -1.15. The highest BCUT2D eigenvalue weighted by atomic mass is 35.5. The summed E-state index contributed by atoms with van der Waals surface area (Å²) in [6.45, 7) is 0. The van der Waals surface area contributed by atoms with Gasteiger partial charge in [-0.05, 0) is 24.3 Å². The molecule has 0 aliphatic heterocycles. The lowest BCUT2D eigenvalue weighted by Crippen LogP contribution is -1.81. The minimum absolute atomic E-state index is 0.463. The Bertz CT molecular complexity index is 387. The zero-order valence-corrected chi connectivity index (χ0v) is 6.34. The number of fused-ring (bicyclic) bond motifs is 1. The van der Waals surface area contributed by atoms with E-state index in [4.69, 9.17) is 11.6 Å². The first-order chi connectivity index (χ1) is 5.36. The Morgan fingerprint density at radius 2 is 2.18 bits per heavy atom. The van der Waals surface area contributed by atoms with Crippen LogP contribution in [0.15, 0.2) is 24.3 Å². The van der Waals surface area contributed by atoms with Crippen LogP contribution in [-0.4, -0.2) is 9.97 Å². The van der Waals surface area contributed by atoms with E-state index in [1.807, 2.05) is 12.1 Å². The van der Waals surface area contributed by atoms with Crippen molar-refractivity contribution >= 4 is 22.6 Å². The van der Waals surface area contributed by atoms with E-state index in [0.29, 0.717) is 10.8 Å². The van der Waals surface area contributed by atoms with E-state index in [-0.39, 0.29) is 0 Å². The van der Waals surface area contributed by atoms with Crippen molar-refractivity contribution in [3.05, 3.63) is 35.6 Å². The molecule has 0 atom stereocenters. The minimum Gasteiger partial charge on any atom is -0.226 e. The number of nitrogens with zero attached hydrogens (tertiary/aromatic N) is 2. The van der Waals surface area contributed by atoms with Gasteiger partial charge in [-0.3, -0.25) is 0 Å². The fraction of sp³-hybridized carbons (Fsp3) is 0. The van der Waals surface area contributed by atoms with Crippen molar-refractivity contribution in [3.8, 4) is 0 Å². The van der Waals surface area contributed by atoms with E-state index in [1.54, 1.807) is 12.1 Å². The summed E-state index contributed by atoms with van der Waals surface area (Å²) in [7, 11) is 0. The summed E-state index contributed by atoms with van der Waals surface area (Å²) < 4.78 is 0. The van der Waals surface area contributed by atoms with E-state index >= 15 is 0 Å². The van der Waals surface area contributed by atoms with Crippen LogP contribution in [0.4, 0.5) is 0 Å². The largest absolute Gasteiger partial charge is 0.226 e. The first-order valence-corrected chi connectivity index (χ1v) is 3.53. The van der Waals surface area contributed by atoms with Gasteiger partial charge >= 0.3 is 0 Å². The van der Waals surface area contributed by atoms with Crippen molar-refractivity contribution in [2.45, 2.75) is 0 Å². The molecular formula is C8H4ClN2. The van der Waals surface area contributed by atoms with Crippen LogP contribution in [0.5, 0.6) is 0 Å². The molecule has 2 rings (SSSR count). The summed E-state index contributed by atoms with van der Waals surface area (Å²) in [4.78, 5) is 7.92. The first-order valence-electron chi connectivity index (χ1n) is 3.15. The lowest BCUT2D eigenvalue weighted by Gasteiger charge is -1.93. The van der Waals surface area contributed by atoms with E-state index in [9.17, 15) is 0 Å². The van der Waals surface area contributed by atoms with Crippen LogP contribution in [0, 0.1) is 6.20 Å². The third kappa shape index (κ3) is 1.17. The zero-order chi connectivity index (χ0) is 7.68. The molecule has 1 radical (unpaired) electrons. The maximum absolute atomic E-state index is 5.65. The molecule has 53 valence electrons. The molecule has 2 aromatic rings. The molecule has 0 aromatic carbocycles. The van der Waals surface area contributed by atoms with E-state index < -0.39 is 0 Å². The Kier molecular flexibility index (Phi) is 1.47. The first kappa shape index (κ1) is 6.55. The Balaban J connectivity index is 2.83. The number of pyridine rings is 2. The second-order valence-electron chi connectivity index (χ2n) is 2.12. The molecule has 0 aliphatic rings. The number of halogens is 1. The smallest absolute Gasteiger partial charge is 0.161 e. The van der Waals surface area contributed by atoms with Gasteiger partial charge in [0.2, 0.25) is 0 Å². The van der Waals surface area contributed by atoms with Crippen LogP contribution in [0.2, 0.25) is 5.15 Å². The fourth-order valence-corrected chi connectivity index (χ4v) is 1.02. The molecule has 2 nitrogen and oxygen atoms in total. The molecule has 0 aliphatic carbocycles.